The molecule has 0 bridgehead atoms. The Bertz CT molecular complexity index is 865. The van der Waals surface area contributed by atoms with Gasteiger partial charge in [0.05, 0.1) is 17.7 Å². The van der Waals surface area contributed by atoms with E-state index in [1.807, 2.05) is 6.07 Å². The summed E-state index contributed by atoms with van der Waals surface area (Å²) in [5, 5.41) is 29.8. The summed E-state index contributed by atoms with van der Waals surface area (Å²) in [6.45, 7) is 2.42. The normalized spacial score (nSPS) is 26.8. The Kier molecular flexibility index (Phi) is 6.81. The number of rotatable bonds is 8. The highest BCUT2D eigenvalue weighted by atomic mass is 32.2. The largest absolute Gasteiger partial charge is 0.506 e. The fraction of sp³-hybridized carbons (Fsp3) is 0.522. The molecule has 2 aromatic rings. The number of aromatic hydroxyl groups is 1. The third-order valence-corrected chi connectivity index (χ3v) is 7.40. The van der Waals surface area contributed by atoms with E-state index in [2.05, 4.69) is 9.88 Å². The van der Waals surface area contributed by atoms with Gasteiger partial charge < -0.3 is 20.2 Å². The van der Waals surface area contributed by atoms with Crippen molar-refractivity contribution >= 4 is 11.8 Å². The SMILES string of the molecule is OCSCC(CN1C[C@@H]2C[C@@](O)(Cc3c(F)cccc3F)C[C@@H]2C1)c1ccc(O)cn1. The summed E-state index contributed by atoms with van der Waals surface area (Å²) in [4.78, 5) is 6.71. The topological polar surface area (TPSA) is 76.8 Å². The number of nitrogens with zero attached hydrogens (tertiary/aromatic N) is 2. The number of benzene rings is 1. The lowest BCUT2D eigenvalue weighted by atomic mass is 9.90. The van der Waals surface area contributed by atoms with Crippen molar-refractivity contribution in [3.8, 4) is 5.75 Å². The van der Waals surface area contributed by atoms with Gasteiger partial charge in [-0.25, -0.2) is 8.78 Å². The van der Waals surface area contributed by atoms with Crippen LogP contribution in [0.5, 0.6) is 5.75 Å². The lowest BCUT2D eigenvalue weighted by Crippen LogP contribution is -2.34. The molecule has 1 unspecified atom stereocenters. The minimum absolute atomic E-state index is 0.00565. The molecule has 2 heterocycles. The van der Waals surface area contributed by atoms with Crippen LogP contribution < -0.4 is 0 Å². The molecule has 1 saturated heterocycles. The van der Waals surface area contributed by atoms with Gasteiger partial charge in [-0.3, -0.25) is 4.98 Å². The van der Waals surface area contributed by atoms with Gasteiger partial charge in [0.15, 0.2) is 0 Å². The van der Waals surface area contributed by atoms with Crippen molar-refractivity contribution in [3.63, 3.8) is 0 Å². The molecule has 2 aliphatic rings. The van der Waals surface area contributed by atoms with Crippen LogP contribution >= 0.6 is 11.8 Å². The minimum atomic E-state index is -1.07. The summed E-state index contributed by atoms with van der Waals surface area (Å²) < 4.78 is 28.1. The molecule has 5 nitrogen and oxygen atoms in total. The van der Waals surface area contributed by atoms with E-state index in [1.165, 1.54) is 36.2 Å². The van der Waals surface area contributed by atoms with Gasteiger partial charge in [-0.05, 0) is 48.9 Å². The molecule has 0 amide bonds. The van der Waals surface area contributed by atoms with Gasteiger partial charge in [0.2, 0.25) is 0 Å². The fourth-order valence-electron chi connectivity index (χ4n) is 5.26. The number of pyridine rings is 1. The van der Waals surface area contributed by atoms with Crippen LogP contribution in [0.15, 0.2) is 36.5 Å². The van der Waals surface area contributed by atoms with Crippen LogP contribution in [0.3, 0.4) is 0 Å². The quantitative estimate of drug-likeness (QED) is 0.537. The number of likely N-dealkylation sites (tertiary alicyclic amines) is 1. The summed E-state index contributed by atoms with van der Waals surface area (Å²) in [5.74, 6) is 0.380. The monoisotopic (exact) mass is 450 g/mol. The average Bonchev–Trinajstić information content (AvgIpc) is 3.23. The standard InChI is InChI=1S/C23H28F2N2O3S/c24-20-2-1-3-21(25)19(20)8-23(30)6-15-10-27(11-16(15)7-23)12-17(13-31-14-28)22-5-4-18(29)9-26-22/h1-5,9,15-17,28-30H,6-8,10-14H2/t15-,16+,17?,23-. The molecule has 0 radical (unpaired) electrons. The first-order valence-corrected chi connectivity index (χ1v) is 11.7. The zero-order chi connectivity index (χ0) is 22.0. The molecule has 8 heteroatoms. The van der Waals surface area contributed by atoms with Crippen LogP contribution in [0.4, 0.5) is 8.78 Å². The Morgan fingerprint density at radius 2 is 1.81 bits per heavy atom. The van der Waals surface area contributed by atoms with Crippen LogP contribution in [-0.4, -0.2) is 62.1 Å². The predicted octanol–water partition coefficient (Wildman–Crippen LogP) is 3.15. The molecule has 168 valence electrons. The Morgan fingerprint density at radius 3 is 2.39 bits per heavy atom. The van der Waals surface area contributed by atoms with Gasteiger partial charge in [0, 0.05) is 49.0 Å². The number of thioether (sulfide) groups is 1. The highest BCUT2D eigenvalue weighted by Crippen LogP contribution is 2.46. The molecule has 31 heavy (non-hydrogen) atoms. The number of halogens is 2. The molecule has 1 saturated carbocycles. The number of fused-ring (bicyclic) bond motifs is 1. The first-order chi connectivity index (χ1) is 14.9. The maximum absolute atomic E-state index is 14.1. The van der Waals surface area contributed by atoms with E-state index in [0.29, 0.717) is 24.7 Å². The minimum Gasteiger partial charge on any atom is -0.506 e. The molecule has 3 N–H and O–H groups in total. The number of hydrogen-bond donors (Lipinski definition) is 3. The average molecular weight is 451 g/mol. The molecule has 1 aliphatic carbocycles. The summed E-state index contributed by atoms with van der Waals surface area (Å²) in [5.41, 5.74) is -0.224. The third kappa shape index (κ3) is 5.19. The summed E-state index contributed by atoms with van der Waals surface area (Å²) >= 11 is 1.44. The first kappa shape index (κ1) is 22.5. The van der Waals surface area contributed by atoms with Crippen molar-refractivity contribution in [2.75, 3.05) is 31.3 Å². The van der Waals surface area contributed by atoms with E-state index in [4.69, 9.17) is 0 Å². The third-order valence-electron chi connectivity index (χ3n) is 6.58. The van der Waals surface area contributed by atoms with E-state index < -0.39 is 17.2 Å². The Hall–Kier alpha value is -1.74. The van der Waals surface area contributed by atoms with E-state index >= 15 is 0 Å². The van der Waals surface area contributed by atoms with Crippen molar-refractivity contribution in [3.05, 3.63) is 59.4 Å². The van der Waals surface area contributed by atoms with Gasteiger partial charge in [-0.15, -0.1) is 11.8 Å². The smallest absolute Gasteiger partial charge is 0.133 e. The van der Waals surface area contributed by atoms with E-state index in [-0.39, 0.29) is 29.6 Å². The zero-order valence-corrected chi connectivity index (χ0v) is 18.1. The van der Waals surface area contributed by atoms with Crippen LogP contribution in [0.2, 0.25) is 0 Å². The van der Waals surface area contributed by atoms with E-state index in [0.717, 1.165) is 31.1 Å². The second-order valence-corrected chi connectivity index (χ2v) is 9.89. The maximum atomic E-state index is 14.1. The zero-order valence-electron chi connectivity index (χ0n) is 17.3. The molecule has 4 rings (SSSR count). The van der Waals surface area contributed by atoms with Crippen molar-refractivity contribution in [1.29, 1.82) is 0 Å². The second kappa shape index (κ2) is 9.40. The van der Waals surface area contributed by atoms with E-state index in [1.54, 1.807) is 6.07 Å². The van der Waals surface area contributed by atoms with Gasteiger partial charge >= 0.3 is 0 Å². The summed E-state index contributed by atoms with van der Waals surface area (Å²) in [6, 6.07) is 7.26. The van der Waals surface area contributed by atoms with Crippen molar-refractivity contribution in [2.24, 2.45) is 11.8 Å². The highest BCUT2D eigenvalue weighted by molar-refractivity contribution is 7.99. The molecule has 1 aromatic carbocycles. The molecular formula is C23H28F2N2O3S. The maximum Gasteiger partial charge on any atom is 0.133 e. The van der Waals surface area contributed by atoms with Crippen molar-refractivity contribution < 1.29 is 24.1 Å². The Labute approximate surface area is 185 Å². The first-order valence-electron chi connectivity index (χ1n) is 10.6. The summed E-state index contributed by atoms with van der Waals surface area (Å²) in [7, 11) is 0. The van der Waals surface area contributed by atoms with Crippen molar-refractivity contribution in [1.82, 2.24) is 9.88 Å². The van der Waals surface area contributed by atoms with Crippen LogP contribution in [-0.2, 0) is 6.42 Å². The lowest BCUT2D eigenvalue weighted by Gasteiger charge is -2.28. The lowest BCUT2D eigenvalue weighted by molar-refractivity contribution is 0.0336. The molecule has 1 aromatic heterocycles. The predicted molar refractivity (Wildman–Crippen MR) is 116 cm³/mol. The molecule has 0 spiro atoms. The molecule has 1 aliphatic heterocycles. The van der Waals surface area contributed by atoms with Gasteiger partial charge in [0.25, 0.3) is 0 Å². The van der Waals surface area contributed by atoms with Gasteiger partial charge in [-0.1, -0.05) is 6.07 Å². The van der Waals surface area contributed by atoms with Crippen LogP contribution in [0, 0.1) is 23.5 Å². The summed E-state index contributed by atoms with van der Waals surface area (Å²) in [6.07, 6.45) is 2.52. The Morgan fingerprint density at radius 1 is 1.13 bits per heavy atom. The number of aliphatic hydroxyl groups is 2. The fourth-order valence-corrected chi connectivity index (χ4v) is 5.92. The number of aromatic nitrogens is 1. The second-order valence-electron chi connectivity index (χ2n) is 8.89. The molecular weight excluding hydrogens is 422 g/mol. The number of hydrogen-bond acceptors (Lipinski definition) is 6. The van der Waals surface area contributed by atoms with Crippen LogP contribution in [0.1, 0.15) is 30.0 Å². The molecule has 4 atom stereocenters. The van der Waals surface area contributed by atoms with E-state index in [9.17, 15) is 24.1 Å². The number of aliphatic hydroxyl groups excluding tert-OH is 1. The Balaban J connectivity index is 1.38. The van der Waals surface area contributed by atoms with Gasteiger partial charge in [-0.2, -0.15) is 0 Å². The highest BCUT2D eigenvalue weighted by Gasteiger charge is 2.48. The van der Waals surface area contributed by atoms with Crippen LogP contribution in [0.25, 0.3) is 0 Å². The van der Waals surface area contributed by atoms with Crippen molar-refractivity contribution in [2.45, 2.75) is 30.8 Å². The van der Waals surface area contributed by atoms with Gasteiger partial charge in [0.1, 0.15) is 17.4 Å². The molecule has 2 fully saturated rings.